The monoisotopic (exact) mass is 365 g/mol. The maximum atomic E-state index is 13.1. The molecule has 4 nitrogen and oxygen atoms in total. The SMILES string of the molecule is CNC(Cc1ccccc1)C(=O)N1CCC(c2ccccc2)(N(C)C)CC1. The summed E-state index contributed by atoms with van der Waals surface area (Å²) in [6.45, 7) is 1.58. The van der Waals surface area contributed by atoms with E-state index in [9.17, 15) is 4.79 Å². The zero-order chi connectivity index (χ0) is 19.3. The third-order valence-corrected chi connectivity index (χ3v) is 6.00. The van der Waals surface area contributed by atoms with Gasteiger partial charge in [0, 0.05) is 18.6 Å². The van der Waals surface area contributed by atoms with Crippen molar-refractivity contribution in [2.45, 2.75) is 30.8 Å². The Labute approximate surface area is 163 Å². The Morgan fingerprint density at radius 3 is 2.11 bits per heavy atom. The highest BCUT2D eigenvalue weighted by Crippen LogP contribution is 2.37. The molecule has 4 heteroatoms. The van der Waals surface area contributed by atoms with Crippen LogP contribution in [0.3, 0.4) is 0 Å². The minimum Gasteiger partial charge on any atom is -0.341 e. The fraction of sp³-hybridized carbons (Fsp3) is 0.435. The van der Waals surface area contributed by atoms with Crippen LogP contribution in [0.2, 0.25) is 0 Å². The van der Waals surface area contributed by atoms with Gasteiger partial charge in [-0.3, -0.25) is 9.69 Å². The summed E-state index contributed by atoms with van der Waals surface area (Å²) < 4.78 is 0. The second-order valence-electron chi connectivity index (χ2n) is 7.65. The van der Waals surface area contributed by atoms with E-state index in [-0.39, 0.29) is 17.5 Å². The zero-order valence-electron chi connectivity index (χ0n) is 16.7. The molecule has 1 aliphatic rings. The van der Waals surface area contributed by atoms with Crippen molar-refractivity contribution in [3.05, 3.63) is 71.8 Å². The van der Waals surface area contributed by atoms with E-state index in [0.717, 1.165) is 32.4 Å². The minimum atomic E-state index is -0.170. The van der Waals surface area contributed by atoms with Crippen molar-refractivity contribution in [2.24, 2.45) is 0 Å². The minimum absolute atomic E-state index is 0.00656. The van der Waals surface area contributed by atoms with E-state index in [1.807, 2.05) is 30.1 Å². The van der Waals surface area contributed by atoms with Gasteiger partial charge in [0.2, 0.25) is 5.91 Å². The molecule has 1 atom stereocenters. The van der Waals surface area contributed by atoms with Crippen LogP contribution >= 0.6 is 0 Å². The van der Waals surface area contributed by atoms with Crippen LogP contribution in [0, 0.1) is 0 Å². The molecule has 27 heavy (non-hydrogen) atoms. The lowest BCUT2D eigenvalue weighted by Crippen LogP contribution is -2.55. The molecule has 1 aliphatic heterocycles. The Balaban J connectivity index is 1.69. The van der Waals surface area contributed by atoms with Gasteiger partial charge in [-0.25, -0.2) is 0 Å². The molecule has 2 aromatic rings. The summed E-state index contributed by atoms with van der Waals surface area (Å²) in [5, 5.41) is 3.22. The van der Waals surface area contributed by atoms with Crippen LogP contribution in [0.25, 0.3) is 0 Å². The van der Waals surface area contributed by atoms with E-state index < -0.39 is 0 Å². The van der Waals surface area contributed by atoms with Gasteiger partial charge in [0.1, 0.15) is 0 Å². The van der Waals surface area contributed by atoms with Crippen molar-refractivity contribution in [3.63, 3.8) is 0 Å². The number of piperidine rings is 1. The predicted molar refractivity (Wildman–Crippen MR) is 111 cm³/mol. The first-order valence-corrected chi connectivity index (χ1v) is 9.80. The number of likely N-dealkylation sites (N-methyl/N-ethyl adjacent to an activating group) is 1. The molecule has 0 aliphatic carbocycles. The number of carbonyl (C=O) groups excluding carboxylic acids is 1. The lowest BCUT2D eigenvalue weighted by Gasteiger charge is -2.47. The van der Waals surface area contributed by atoms with Crippen LogP contribution in [0.15, 0.2) is 60.7 Å². The highest BCUT2D eigenvalue weighted by Gasteiger charge is 2.40. The Morgan fingerprint density at radius 2 is 1.59 bits per heavy atom. The Bertz CT molecular complexity index is 722. The van der Waals surface area contributed by atoms with Crippen molar-refractivity contribution in [2.75, 3.05) is 34.2 Å². The number of benzene rings is 2. The molecule has 0 spiro atoms. The van der Waals surface area contributed by atoms with Gasteiger partial charge in [-0.15, -0.1) is 0 Å². The topological polar surface area (TPSA) is 35.6 Å². The van der Waals surface area contributed by atoms with Gasteiger partial charge >= 0.3 is 0 Å². The lowest BCUT2D eigenvalue weighted by molar-refractivity contribution is -0.136. The maximum Gasteiger partial charge on any atom is 0.240 e. The largest absolute Gasteiger partial charge is 0.341 e. The third kappa shape index (κ3) is 4.23. The van der Waals surface area contributed by atoms with Crippen molar-refractivity contribution >= 4 is 5.91 Å². The number of rotatable bonds is 6. The Morgan fingerprint density at radius 1 is 1.04 bits per heavy atom. The number of hydrogen-bond acceptors (Lipinski definition) is 3. The molecule has 1 fully saturated rings. The predicted octanol–water partition coefficient (Wildman–Crippen LogP) is 2.90. The van der Waals surface area contributed by atoms with Crippen molar-refractivity contribution in [3.8, 4) is 0 Å². The summed E-state index contributed by atoms with van der Waals surface area (Å²) in [6, 6.07) is 20.8. The molecule has 0 bridgehead atoms. The molecule has 3 rings (SSSR count). The van der Waals surface area contributed by atoms with Gasteiger partial charge < -0.3 is 10.2 Å². The number of nitrogens with one attached hydrogen (secondary N) is 1. The quantitative estimate of drug-likeness (QED) is 0.855. The number of nitrogens with zero attached hydrogens (tertiary/aromatic N) is 2. The van der Waals surface area contributed by atoms with Gasteiger partial charge in [0.05, 0.1) is 6.04 Å². The molecule has 0 aromatic heterocycles. The maximum absolute atomic E-state index is 13.1. The number of amides is 1. The summed E-state index contributed by atoms with van der Waals surface area (Å²) in [4.78, 5) is 17.5. The van der Waals surface area contributed by atoms with E-state index >= 15 is 0 Å². The van der Waals surface area contributed by atoms with Crippen LogP contribution < -0.4 is 5.32 Å². The van der Waals surface area contributed by atoms with Gasteiger partial charge in [-0.1, -0.05) is 60.7 Å². The molecule has 1 heterocycles. The van der Waals surface area contributed by atoms with Gasteiger partial charge in [0.25, 0.3) is 0 Å². The van der Waals surface area contributed by atoms with E-state index in [0.29, 0.717) is 0 Å². The lowest BCUT2D eigenvalue weighted by atomic mass is 9.79. The van der Waals surface area contributed by atoms with Crippen molar-refractivity contribution in [1.82, 2.24) is 15.1 Å². The molecule has 1 saturated heterocycles. The van der Waals surface area contributed by atoms with Crippen LogP contribution in [0.4, 0.5) is 0 Å². The number of hydrogen-bond donors (Lipinski definition) is 1. The van der Waals surface area contributed by atoms with E-state index in [1.54, 1.807) is 0 Å². The van der Waals surface area contributed by atoms with Crippen LogP contribution in [-0.2, 0) is 16.8 Å². The van der Waals surface area contributed by atoms with Crippen molar-refractivity contribution in [1.29, 1.82) is 0 Å². The first kappa shape index (κ1) is 19.6. The van der Waals surface area contributed by atoms with Gasteiger partial charge in [0.15, 0.2) is 0 Å². The first-order chi connectivity index (χ1) is 13.1. The van der Waals surface area contributed by atoms with Crippen LogP contribution in [-0.4, -0.2) is 56.0 Å². The second kappa shape index (κ2) is 8.68. The fourth-order valence-electron chi connectivity index (χ4n) is 4.22. The van der Waals surface area contributed by atoms with Gasteiger partial charge in [-0.2, -0.15) is 0 Å². The molecule has 2 aromatic carbocycles. The van der Waals surface area contributed by atoms with E-state index in [1.165, 1.54) is 11.1 Å². The summed E-state index contributed by atoms with van der Waals surface area (Å²) in [6.07, 6.45) is 2.64. The standard InChI is InChI=1S/C23H31N3O/c1-24-21(18-19-10-6-4-7-11-19)22(27)26-16-14-23(15-17-26,25(2)3)20-12-8-5-9-13-20/h4-13,21,24H,14-18H2,1-3H3. The van der Waals surface area contributed by atoms with Gasteiger partial charge in [-0.05, 0) is 51.5 Å². The van der Waals surface area contributed by atoms with E-state index in [4.69, 9.17) is 0 Å². The van der Waals surface area contributed by atoms with Crippen LogP contribution in [0.5, 0.6) is 0 Å². The zero-order valence-corrected chi connectivity index (χ0v) is 16.7. The molecule has 1 N–H and O–H groups in total. The first-order valence-electron chi connectivity index (χ1n) is 9.80. The molecule has 1 unspecified atom stereocenters. The molecule has 0 saturated carbocycles. The summed E-state index contributed by atoms with van der Waals surface area (Å²) in [5.41, 5.74) is 2.54. The Kier molecular flexibility index (Phi) is 6.30. The Hall–Kier alpha value is -2.17. The molecular formula is C23H31N3O. The molecule has 0 radical (unpaired) electrons. The normalized spacial score (nSPS) is 17.7. The molecule has 1 amide bonds. The average molecular weight is 366 g/mol. The average Bonchev–Trinajstić information content (AvgIpc) is 2.73. The smallest absolute Gasteiger partial charge is 0.240 e. The third-order valence-electron chi connectivity index (χ3n) is 6.00. The number of carbonyl (C=O) groups is 1. The summed E-state index contributed by atoms with van der Waals surface area (Å²) in [7, 11) is 6.18. The fourth-order valence-corrected chi connectivity index (χ4v) is 4.22. The highest BCUT2D eigenvalue weighted by atomic mass is 16.2. The molecule has 144 valence electrons. The second-order valence-corrected chi connectivity index (χ2v) is 7.65. The summed E-state index contributed by atoms with van der Waals surface area (Å²) in [5.74, 6) is 0.210. The summed E-state index contributed by atoms with van der Waals surface area (Å²) >= 11 is 0. The number of likely N-dealkylation sites (tertiary alicyclic amines) is 1. The highest BCUT2D eigenvalue weighted by molar-refractivity contribution is 5.82. The molecular weight excluding hydrogens is 334 g/mol. The van der Waals surface area contributed by atoms with E-state index in [2.05, 4.69) is 66.8 Å². The van der Waals surface area contributed by atoms with Crippen molar-refractivity contribution < 1.29 is 4.79 Å². The van der Waals surface area contributed by atoms with Crippen LogP contribution in [0.1, 0.15) is 24.0 Å².